The van der Waals surface area contributed by atoms with E-state index >= 15 is 0 Å². The summed E-state index contributed by atoms with van der Waals surface area (Å²) in [6.07, 6.45) is 6.48. The number of hydrogen-bond donors (Lipinski definition) is 1. The van der Waals surface area contributed by atoms with Gasteiger partial charge in [0.05, 0.1) is 12.6 Å². The molecule has 1 unspecified atom stereocenters. The average molecular weight is 344 g/mol. The molecule has 0 amide bonds. The Labute approximate surface area is 131 Å². The van der Waals surface area contributed by atoms with E-state index < -0.39 is 6.10 Å². The van der Waals surface area contributed by atoms with Crippen LogP contribution >= 0.6 is 15.9 Å². The molecule has 3 rings (SSSR count). The number of aliphatic hydroxyl groups excluding tert-OH is 1. The fraction of sp³-hybridized carbons (Fsp3) is 0.125. The molecule has 0 aliphatic carbocycles. The van der Waals surface area contributed by atoms with Crippen LogP contribution in [0.1, 0.15) is 11.7 Å². The molecule has 1 N–H and O–H groups in total. The van der Waals surface area contributed by atoms with Crippen molar-refractivity contribution >= 4 is 15.9 Å². The van der Waals surface area contributed by atoms with Crippen LogP contribution in [0, 0.1) is 0 Å². The minimum atomic E-state index is -0.606. The van der Waals surface area contributed by atoms with Crippen LogP contribution in [0.15, 0.2) is 65.7 Å². The highest BCUT2D eigenvalue weighted by molar-refractivity contribution is 9.10. The number of aliphatic hydroxyl groups is 1. The lowest BCUT2D eigenvalue weighted by atomic mass is 10.1. The molecular weight excluding hydrogens is 330 g/mol. The zero-order valence-corrected chi connectivity index (χ0v) is 12.8. The number of pyridine rings is 1. The normalized spacial score (nSPS) is 12.3. The number of nitrogens with zero attached hydrogens (tertiary/aromatic N) is 3. The van der Waals surface area contributed by atoms with Crippen LogP contribution < -0.4 is 0 Å². The van der Waals surface area contributed by atoms with Crippen LogP contribution in [0.25, 0.3) is 11.4 Å². The molecule has 0 aliphatic rings. The SMILES string of the molecule is OC(Cn1ccnc1-c1cccnc1)c1ccccc1Br. The molecule has 4 nitrogen and oxygen atoms in total. The van der Waals surface area contributed by atoms with E-state index in [1.54, 1.807) is 18.6 Å². The second-order valence-electron chi connectivity index (χ2n) is 4.68. The standard InChI is InChI=1S/C16H14BrN3O/c17-14-6-2-1-5-13(14)15(21)11-20-9-8-19-16(20)12-4-3-7-18-10-12/h1-10,15,21H,11H2. The maximum absolute atomic E-state index is 10.5. The molecule has 1 atom stereocenters. The second kappa shape index (κ2) is 6.20. The molecule has 106 valence electrons. The molecule has 3 aromatic rings. The van der Waals surface area contributed by atoms with Crippen molar-refractivity contribution in [1.29, 1.82) is 0 Å². The molecule has 0 bridgehead atoms. The van der Waals surface area contributed by atoms with E-state index in [0.29, 0.717) is 6.54 Å². The predicted octanol–water partition coefficient (Wildman–Crippen LogP) is 3.44. The lowest BCUT2D eigenvalue weighted by Crippen LogP contribution is -2.09. The van der Waals surface area contributed by atoms with Gasteiger partial charge in [0.1, 0.15) is 5.82 Å². The summed E-state index contributed by atoms with van der Waals surface area (Å²) >= 11 is 3.47. The van der Waals surface area contributed by atoms with Gasteiger partial charge in [-0.25, -0.2) is 4.98 Å². The van der Waals surface area contributed by atoms with E-state index in [9.17, 15) is 5.11 Å². The third-order valence-corrected chi connectivity index (χ3v) is 3.99. The third kappa shape index (κ3) is 3.04. The fourth-order valence-corrected chi connectivity index (χ4v) is 2.79. The summed E-state index contributed by atoms with van der Waals surface area (Å²) in [6, 6.07) is 11.5. The molecule has 2 heterocycles. The topological polar surface area (TPSA) is 50.9 Å². The highest BCUT2D eigenvalue weighted by Gasteiger charge is 2.14. The third-order valence-electron chi connectivity index (χ3n) is 3.27. The highest BCUT2D eigenvalue weighted by Crippen LogP contribution is 2.26. The van der Waals surface area contributed by atoms with Crippen molar-refractivity contribution in [3.05, 3.63) is 71.2 Å². The highest BCUT2D eigenvalue weighted by atomic mass is 79.9. The fourth-order valence-electron chi connectivity index (χ4n) is 2.24. The van der Waals surface area contributed by atoms with E-state index in [0.717, 1.165) is 21.4 Å². The average Bonchev–Trinajstić information content (AvgIpc) is 2.96. The minimum absolute atomic E-state index is 0.437. The van der Waals surface area contributed by atoms with Gasteiger partial charge in [0, 0.05) is 34.8 Å². The van der Waals surface area contributed by atoms with Gasteiger partial charge in [-0.3, -0.25) is 4.98 Å². The van der Waals surface area contributed by atoms with E-state index in [2.05, 4.69) is 25.9 Å². The monoisotopic (exact) mass is 343 g/mol. The first-order valence-electron chi connectivity index (χ1n) is 6.60. The Morgan fingerprint density at radius 1 is 1.14 bits per heavy atom. The van der Waals surface area contributed by atoms with E-state index in [1.807, 2.05) is 47.2 Å². The van der Waals surface area contributed by atoms with Crippen molar-refractivity contribution in [3.8, 4) is 11.4 Å². The van der Waals surface area contributed by atoms with Gasteiger partial charge in [-0.1, -0.05) is 34.1 Å². The molecule has 0 fully saturated rings. The maximum atomic E-state index is 10.5. The van der Waals surface area contributed by atoms with Gasteiger partial charge in [0.2, 0.25) is 0 Å². The minimum Gasteiger partial charge on any atom is -0.386 e. The van der Waals surface area contributed by atoms with Crippen molar-refractivity contribution in [2.75, 3.05) is 0 Å². The van der Waals surface area contributed by atoms with Crippen molar-refractivity contribution in [2.24, 2.45) is 0 Å². The molecule has 1 aromatic carbocycles. The van der Waals surface area contributed by atoms with Gasteiger partial charge >= 0.3 is 0 Å². The Hall–Kier alpha value is -1.98. The Morgan fingerprint density at radius 2 is 2.00 bits per heavy atom. The van der Waals surface area contributed by atoms with Crippen LogP contribution in [0.2, 0.25) is 0 Å². The van der Waals surface area contributed by atoms with Crippen LogP contribution in [-0.4, -0.2) is 19.6 Å². The maximum Gasteiger partial charge on any atom is 0.141 e. The molecule has 0 spiro atoms. The molecule has 0 saturated carbocycles. The summed E-state index contributed by atoms with van der Waals surface area (Å²) in [4.78, 5) is 8.47. The Balaban J connectivity index is 1.87. The van der Waals surface area contributed by atoms with E-state index in [-0.39, 0.29) is 0 Å². The molecule has 21 heavy (non-hydrogen) atoms. The molecular formula is C16H14BrN3O. The van der Waals surface area contributed by atoms with Crippen molar-refractivity contribution in [3.63, 3.8) is 0 Å². The van der Waals surface area contributed by atoms with Crippen LogP contribution in [-0.2, 0) is 6.54 Å². The lowest BCUT2D eigenvalue weighted by Gasteiger charge is -2.15. The number of benzene rings is 1. The Bertz CT molecular complexity index is 727. The first-order chi connectivity index (χ1) is 10.3. The van der Waals surface area contributed by atoms with Gasteiger partial charge in [-0.05, 0) is 23.8 Å². The summed E-state index contributed by atoms with van der Waals surface area (Å²) < 4.78 is 2.83. The Morgan fingerprint density at radius 3 is 2.76 bits per heavy atom. The van der Waals surface area contributed by atoms with Gasteiger partial charge in [-0.15, -0.1) is 0 Å². The van der Waals surface area contributed by atoms with Crippen LogP contribution in [0.4, 0.5) is 0 Å². The molecule has 0 saturated heterocycles. The van der Waals surface area contributed by atoms with Gasteiger partial charge in [0.25, 0.3) is 0 Å². The first-order valence-corrected chi connectivity index (χ1v) is 7.39. The van der Waals surface area contributed by atoms with Crippen LogP contribution in [0.5, 0.6) is 0 Å². The summed E-state index contributed by atoms with van der Waals surface area (Å²) in [7, 11) is 0. The second-order valence-corrected chi connectivity index (χ2v) is 5.54. The van der Waals surface area contributed by atoms with E-state index in [4.69, 9.17) is 0 Å². The molecule has 0 aliphatic heterocycles. The largest absolute Gasteiger partial charge is 0.386 e. The van der Waals surface area contributed by atoms with Crippen molar-refractivity contribution in [1.82, 2.24) is 14.5 Å². The zero-order valence-electron chi connectivity index (χ0n) is 11.2. The first kappa shape index (κ1) is 14.0. The summed E-state index contributed by atoms with van der Waals surface area (Å²) in [5.74, 6) is 0.800. The summed E-state index contributed by atoms with van der Waals surface area (Å²) in [5.41, 5.74) is 1.80. The Kier molecular flexibility index (Phi) is 4.13. The van der Waals surface area contributed by atoms with Gasteiger partial charge in [-0.2, -0.15) is 0 Å². The summed E-state index contributed by atoms with van der Waals surface area (Å²) in [5, 5.41) is 10.5. The molecule has 5 heteroatoms. The number of aromatic nitrogens is 3. The quantitative estimate of drug-likeness (QED) is 0.789. The van der Waals surface area contributed by atoms with Gasteiger partial charge < -0.3 is 9.67 Å². The molecule has 0 radical (unpaired) electrons. The summed E-state index contributed by atoms with van der Waals surface area (Å²) in [6.45, 7) is 0.437. The smallest absolute Gasteiger partial charge is 0.141 e. The predicted molar refractivity (Wildman–Crippen MR) is 84.6 cm³/mol. The lowest BCUT2D eigenvalue weighted by molar-refractivity contribution is 0.156. The number of rotatable bonds is 4. The van der Waals surface area contributed by atoms with E-state index in [1.165, 1.54) is 0 Å². The number of halogens is 1. The zero-order chi connectivity index (χ0) is 14.7. The number of hydrogen-bond acceptors (Lipinski definition) is 3. The van der Waals surface area contributed by atoms with Gasteiger partial charge in [0.15, 0.2) is 0 Å². The van der Waals surface area contributed by atoms with Crippen molar-refractivity contribution < 1.29 is 5.11 Å². The van der Waals surface area contributed by atoms with Crippen molar-refractivity contribution in [2.45, 2.75) is 12.6 Å². The molecule has 2 aromatic heterocycles. The number of imidazole rings is 1. The van der Waals surface area contributed by atoms with Crippen LogP contribution in [0.3, 0.4) is 0 Å².